The van der Waals surface area contributed by atoms with Crippen molar-refractivity contribution in [3.8, 4) is 11.5 Å². The van der Waals surface area contributed by atoms with Crippen molar-refractivity contribution in [1.82, 2.24) is 0 Å². The molecule has 8 aliphatic rings. The van der Waals surface area contributed by atoms with Crippen molar-refractivity contribution in [2.45, 2.75) is 140 Å². The van der Waals surface area contributed by atoms with Crippen LogP contribution in [0.3, 0.4) is 0 Å². The minimum Gasteiger partial charge on any atom is -0.496 e. The number of hydrogen-bond donors (Lipinski definition) is 0. The molecule has 12 rings (SSSR count). The predicted octanol–water partition coefficient (Wildman–Crippen LogP) is 13.2. The van der Waals surface area contributed by atoms with Gasteiger partial charge in [0.25, 0.3) is 0 Å². The van der Waals surface area contributed by atoms with Crippen LogP contribution in [-0.4, -0.2) is 39.9 Å². The van der Waals surface area contributed by atoms with Crippen LogP contribution in [0.15, 0.2) is 105 Å². The third-order valence-electron chi connectivity index (χ3n) is 15.6. The van der Waals surface area contributed by atoms with E-state index in [9.17, 15) is 9.59 Å². The van der Waals surface area contributed by atoms with Crippen LogP contribution in [0.1, 0.15) is 119 Å². The molecule has 0 heterocycles. The molecule has 0 atom stereocenters. The number of unbranched alkanes of at least 4 members (excludes halogenated alkanes) is 1. The summed E-state index contributed by atoms with van der Waals surface area (Å²) in [7, 11) is 5.06. The molecule has 0 amide bonds. The first kappa shape index (κ1) is 44.3. The highest BCUT2D eigenvalue weighted by atomic mass is 32.2. The number of carbonyl (C=O) groups is 2. The third-order valence-corrected chi connectivity index (χ3v) is 17.6. The second kappa shape index (κ2) is 19.3. The first-order valence-corrected chi connectivity index (χ1v) is 25.4. The van der Waals surface area contributed by atoms with E-state index in [0.29, 0.717) is 30.3 Å². The summed E-state index contributed by atoms with van der Waals surface area (Å²) >= 11 is 3.58. The summed E-state index contributed by atoms with van der Waals surface area (Å²) in [5.41, 5.74) is 5.51. The largest absolute Gasteiger partial charge is 0.496 e. The Balaban J connectivity index is 0.000000161. The van der Waals surface area contributed by atoms with Crippen LogP contribution < -0.4 is 9.47 Å². The van der Waals surface area contributed by atoms with Crippen molar-refractivity contribution in [2.75, 3.05) is 27.9 Å². The zero-order valence-electron chi connectivity index (χ0n) is 37.8. The Morgan fingerprint density at radius 2 is 0.889 bits per heavy atom. The number of hydrogen-bond acceptors (Lipinski definition) is 8. The van der Waals surface area contributed by atoms with Crippen LogP contribution >= 0.6 is 23.5 Å². The van der Waals surface area contributed by atoms with Gasteiger partial charge in [-0.15, -0.1) is 0 Å². The predicted molar refractivity (Wildman–Crippen MR) is 252 cm³/mol. The Labute approximate surface area is 384 Å². The Hall–Kier alpha value is -3.88. The lowest BCUT2D eigenvalue weighted by atomic mass is 9.48. The fourth-order valence-corrected chi connectivity index (χ4v) is 15.3. The highest BCUT2D eigenvalue weighted by Gasteiger charge is 2.54. The van der Waals surface area contributed by atoms with Gasteiger partial charge in [-0.05, 0) is 202 Å². The van der Waals surface area contributed by atoms with Gasteiger partial charge in [0.1, 0.15) is 11.5 Å². The van der Waals surface area contributed by atoms with Crippen LogP contribution in [0.4, 0.5) is 0 Å². The molecule has 0 saturated heterocycles. The molecule has 8 bridgehead atoms. The van der Waals surface area contributed by atoms with E-state index in [1.165, 1.54) is 115 Å². The average Bonchev–Trinajstić information content (AvgIpc) is 3.27. The molecule has 0 radical (unpaired) electrons. The summed E-state index contributed by atoms with van der Waals surface area (Å²) in [6.45, 7) is 2.62. The molecule has 334 valence electrons. The van der Waals surface area contributed by atoms with E-state index in [-0.39, 0.29) is 11.9 Å². The number of ether oxygens (including phenoxy) is 4. The van der Waals surface area contributed by atoms with Crippen LogP contribution in [0.25, 0.3) is 0 Å². The lowest BCUT2D eigenvalue weighted by Crippen LogP contribution is -2.48. The van der Waals surface area contributed by atoms with E-state index >= 15 is 0 Å². The maximum atomic E-state index is 12.0. The average molecular weight is 887 g/mol. The zero-order chi connectivity index (χ0) is 43.6. The molecule has 4 aromatic carbocycles. The molecule has 0 aliphatic heterocycles. The molecular formula is C55H66O6S2. The Bertz CT molecular complexity index is 2160. The Morgan fingerprint density at radius 1 is 0.524 bits per heavy atom. The monoisotopic (exact) mass is 886 g/mol. The maximum absolute atomic E-state index is 12.0. The normalized spacial score (nSPS) is 28.3. The fraction of sp³-hybridized carbons (Fsp3) is 0.527. The number of benzene rings is 4. The minimum atomic E-state index is -0.203. The van der Waals surface area contributed by atoms with E-state index in [1.807, 2.05) is 38.5 Å². The van der Waals surface area contributed by atoms with E-state index < -0.39 is 0 Å². The van der Waals surface area contributed by atoms with Gasteiger partial charge < -0.3 is 18.9 Å². The van der Waals surface area contributed by atoms with Gasteiger partial charge in [-0.25, -0.2) is 0 Å². The van der Waals surface area contributed by atoms with Gasteiger partial charge in [0.05, 0.1) is 40.8 Å². The van der Waals surface area contributed by atoms with Crippen LogP contribution in [0.5, 0.6) is 11.5 Å². The van der Waals surface area contributed by atoms with Crippen molar-refractivity contribution in [3.63, 3.8) is 0 Å². The van der Waals surface area contributed by atoms with Gasteiger partial charge >= 0.3 is 11.9 Å². The molecule has 0 unspecified atom stereocenters. The molecule has 8 aliphatic carbocycles. The molecule has 63 heavy (non-hydrogen) atoms. The SMILES string of the molecule is CCCCOC(=O)Cc1ccc(Sc2ccc(OC)c(C34CC5CC(CC(C5)C3)C4)c2)cc1.COC(=O)Cc1ccc(Sc2ccc(OC)c(C34CC5CC(CC(C5)C3)C4)c2)cc1. The standard InChI is InChI=1S/C29H36O3S.C26H30O3S/c1-3-4-11-32-28(30)15-20-5-7-24(8-6-20)33-25-9-10-27(31-2)26(16-25)29-17-21-12-22(18-29)14-23(13-21)19-29;1-28-24-8-7-22(30-21-5-3-17(4-6-21)12-25(27)29-2)13-23(24)26-14-18-9-19(15-26)11-20(10-18)16-26/h5-10,16,21-23H,3-4,11-15,17-19H2,1-2H3;3-8,13,18-20H,9-12,14-16H2,1-2H3. The van der Waals surface area contributed by atoms with Crippen molar-refractivity contribution in [2.24, 2.45) is 35.5 Å². The lowest BCUT2D eigenvalue weighted by molar-refractivity contribution is -0.143. The summed E-state index contributed by atoms with van der Waals surface area (Å²) in [6.07, 6.45) is 19.4. The molecule has 0 aromatic heterocycles. The van der Waals surface area contributed by atoms with E-state index in [4.69, 9.17) is 18.9 Å². The third kappa shape index (κ3) is 10.0. The summed E-state index contributed by atoms with van der Waals surface area (Å²) < 4.78 is 21.8. The molecule has 8 saturated carbocycles. The maximum Gasteiger partial charge on any atom is 0.310 e. The second-order valence-electron chi connectivity index (χ2n) is 20.1. The quantitative estimate of drug-likeness (QED) is 0.0864. The van der Waals surface area contributed by atoms with Gasteiger partial charge in [-0.3, -0.25) is 9.59 Å². The Morgan fingerprint density at radius 3 is 1.24 bits per heavy atom. The Kier molecular flexibility index (Phi) is 13.6. The minimum absolute atomic E-state index is 0.140. The summed E-state index contributed by atoms with van der Waals surface area (Å²) in [5.74, 6) is 7.28. The van der Waals surface area contributed by atoms with Crippen molar-refractivity contribution >= 4 is 35.5 Å². The van der Waals surface area contributed by atoms with Crippen LogP contribution in [0.2, 0.25) is 0 Å². The first-order valence-electron chi connectivity index (χ1n) is 23.8. The van der Waals surface area contributed by atoms with Crippen LogP contribution in [-0.2, 0) is 42.7 Å². The molecule has 0 N–H and O–H groups in total. The van der Waals surface area contributed by atoms with E-state index in [2.05, 4.69) is 67.6 Å². The van der Waals surface area contributed by atoms with Gasteiger partial charge in [-0.1, -0.05) is 61.1 Å². The van der Waals surface area contributed by atoms with Gasteiger partial charge in [0, 0.05) is 30.7 Å². The molecule has 0 spiro atoms. The van der Waals surface area contributed by atoms with Crippen molar-refractivity contribution in [1.29, 1.82) is 0 Å². The van der Waals surface area contributed by atoms with Crippen LogP contribution in [0, 0.1) is 35.5 Å². The van der Waals surface area contributed by atoms with E-state index in [0.717, 1.165) is 71.0 Å². The second-order valence-corrected chi connectivity index (χ2v) is 22.4. The highest BCUT2D eigenvalue weighted by molar-refractivity contribution is 7.99. The fourth-order valence-electron chi connectivity index (χ4n) is 13.6. The number of methoxy groups -OCH3 is 3. The smallest absolute Gasteiger partial charge is 0.310 e. The lowest BCUT2D eigenvalue weighted by Gasteiger charge is -2.57. The molecule has 6 nitrogen and oxygen atoms in total. The summed E-state index contributed by atoms with van der Waals surface area (Å²) in [6, 6.07) is 30.1. The zero-order valence-corrected chi connectivity index (χ0v) is 39.5. The van der Waals surface area contributed by atoms with Crippen molar-refractivity contribution < 1.29 is 28.5 Å². The molecule has 4 aromatic rings. The molecular weight excluding hydrogens is 821 g/mol. The van der Waals surface area contributed by atoms with Gasteiger partial charge in [0.15, 0.2) is 0 Å². The van der Waals surface area contributed by atoms with E-state index in [1.54, 1.807) is 23.5 Å². The molecule has 8 heteroatoms. The summed E-state index contributed by atoms with van der Waals surface area (Å²) in [4.78, 5) is 28.4. The topological polar surface area (TPSA) is 71.1 Å². The number of carbonyl (C=O) groups excluding carboxylic acids is 2. The van der Waals surface area contributed by atoms with Gasteiger partial charge in [-0.2, -0.15) is 0 Å². The first-order chi connectivity index (χ1) is 30.6. The van der Waals surface area contributed by atoms with Crippen molar-refractivity contribution in [3.05, 3.63) is 107 Å². The van der Waals surface area contributed by atoms with Gasteiger partial charge in [0.2, 0.25) is 0 Å². The number of esters is 2. The number of rotatable bonds is 15. The summed E-state index contributed by atoms with van der Waals surface area (Å²) in [5, 5.41) is 0. The molecule has 8 fully saturated rings. The highest BCUT2D eigenvalue weighted by Crippen LogP contribution is 2.63.